The van der Waals surface area contributed by atoms with E-state index in [2.05, 4.69) is 181 Å². The predicted octanol–water partition coefficient (Wildman–Crippen LogP) is 15.1. The zero-order chi connectivity index (χ0) is 36.3. The molecule has 0 saturated heterocycles. The molecule has 0 N–H and O–H groups in total. The third kappa shape index (κ3) is 5.20. The summed E-state index contributed by atoms with van der Waals surface area (Å²) in [6, 6.07) is 71.0. The van der Waals surface area contributed by atoms with Gasteiger partial charge in [0.15, 0.2) is 0 Å². The molecular formula is C52H33NO2. The van der Waals surface area contributed by atoms with Crippen LogP contribution in [0, 0.1) is 0 Å². The van der Waals surface area contributed by atoms with Gasteiger partial charge in [0.05, 0.1) is 5.69 Å². The van der Waals surface area contributed by atoms with Gasteiger partial charge in [-0.2, -0.15) is 0 Å². The van der Waals surface area contributed by atoms with E-state index in [4.69, 9.17) is 8.83 Å². The first-order valence-corrected chi connectivity index (χ1v) is 18.7. The monoisotopic (exact) mass is 703 g/mol. The third-order valence-electron chi connectivity index (χ3n) is 10.9. The molecule has 0 atom stereocenters. The molecule has 2 heterocycles. The topological polar surface area (TPSA) is 29.5 Å². The second kappa shape index (κ2) is 12.6. The third-order valence-corrected chi connectivity index (χ3v) is 10.9. The van der Waals surface area contributed by atoms with E-state index in [1.165, 1.54) is 21.9 Å². The molecule has 0 bridgehead atoms. The lowest BCUT2D eigenvalue weighted by atomic mass is 9.96. The van der Waals surface area contributed by atoms with E-state index < -0.39 is 0 Å². The summed E-state index contributed by atoms with van der Waals surface area (Å²) in [6.07, 6.45) is 0. The summed E-state index contributed by atoms with van der Waals surface area (Å²) in [5.74, 6) is 0. The average molecular weight is 704 g/mol. The largest absolute Gasteiger partial charge is 0.456 e. The number of anilines is 3. The van der Waals surface area contributed by atoms with Crippen LogP contribution >= 0.6 is 0 Å². The molecule has 0 aliphatic rings. The van der Waals surface area contributed by atoms with Crippen LogP contribution < -0.4 is 4.90 Å². The summed E-state index contributed by atoms with van der Waals surface area (Å²) in [4.78, 5) is 2.37. The van der Waals surface area contributed by atoms with Crippen molar-refractivity contribution < 1.29 is 8.83 Å². The van der Waals surface area contributed by atoms with Crippen LogP contribution in [0.1, 0.15) is 0 Å². The molecule has 0 saturated carbocycles. The lowest BCUT2D eigenvalue weighted by molar-refractivity contribution is 0.668. The van der Waals surface area contributed by atoms with E-state index in [0.29, 0.717) is 0 Å². The number of hydrogen-bond acceptors (Lipinski definition) is 3. The van der Waals surface area contributed by atoms with E-state index >= 15 is 0 Å². The smallest absolute Gasteiger partial charge is 0.136 e. The molecule has 0 radical (unpaired) electrons. The number of hydrogen-bond donors (Lipinski definition) is 0. The molecule has 0 unspecified atom stereocenters. The molecule has 0 aliphatic carbocycles. The molecule has 0 aliphatic heterocycles. The highest BCUT2D eigenvalue weighted by Gasteiger charge is 2.21. The summed E-state index contributed by atoms with van der Waals surface area (Å²) in [5.41, 5.74) is 13.7. The number of furan rings is 2. The first-order valence-electron chi connectivity index (χ1n) is 18.7. The van der Waals surface area contributed by atoms with E-state index in [1.807, 2.05) is 24.3 Å². The molecule has 258 valence electrons. The zero-order valence-corrected chi connectivity index (χ0v) is 29.8. The molecule has 11 aromatic rings. The van der Waals surface area contributed by atoms with Crippen LogP contribution in [0.2, 0.25) is 0 Å². The number of rotatable bonds is 6. The van der Waals surface area contributed by atoms with Crippen LogP contribution in [-0.4, -0.2) is 0 Å². The van der Waals surface area contributed by atoms with Crippen LogP contribution in [-0.2, 0) is 0 Å². The Morgan fingerprint density at radius 2 is 0.836 bits per heavy atom. The van der Waals surface area contributed by atoms with Crippen LogP contribution in [0.5, 0.6) is 0 Å². The maximum Gasteiger partial charge on any atom is 0.136 e. The quantitative estimate of drug-likeness (QED) is 0.173. The number of fused-ring (bicyclic) bond motifs is 7. The normalized spacial score (nSPS) is 11.6. The van der Waals surface area contributed by atoms with E-state index in [-0.39, 0.29) is 0 Å². The van der Waals surface area contributed by atoms with Gasteiger partial charge in [-0.3, -0.25) is 0 Å². The Bertz CT molecular complexity index is 3200. The van der Waals surface area contributed by atoms with Gasteiger partial charge in [-0.05, 0) is 99.3 Å². The van der Waals surface area contributed by atoms with Crippen molar-refractivity contribution in [1.29, 1.82) is 0 Å². The number of para-hydroxylation sites is 3. The Morgan fingerprint density at radius 1 is 0.309 bits per heavy atom. The Kier molecular flexibility index (Phi) is 7.17. The minimum Gasteiger partial charge on any atom is -0.456 e. The van der Waals surface area contributed by atoms with Gasteiger partial charge in [-0.25, -0.2) is 0 Å². The van der Waals surface area contributed by atoms with E-state index in [0.717, 1.165) is 83.2 Å². The molecular weight excluding hydrogens is 671 g/mol. The number of benzene rings is 9. The lowest BCUT2D eigenvalue weighted by Gasteiger charge is -2.28. The summed E-state index contributed by atoms with van der Waals surface area (Å²) in [5, 5.41) is 6.98. The van der Waals surface area contributed by atoms with Crippen molar-refractivity contribution in [3.8, 4) is 33.4 Å². The first-order chi connectivity index (χ1) is 27.3. The first kappa shape index (κ1) is 31.2. The summed E-state index contributed by atoms with van der Waals surface area (Å²) in [7, 11) is 0. The summed E-state index contributed by atoms with van der Waals surface area (Å²) in [6.45, 7) is 0. The van der Waals surface area contributed by atoms with Crippen molar-refractivity contribution >= 4 is 71.7 Å². The molecule has 9 aromatic carbocycles. The molecule has 3 heteroatoms. The Balaban J connectivity index is 1.06. The Labute approximate surface area is 317 Å². The molecule has 3 nitrogen and oxygen atoms in total. The summed E-state index contributed by atoms with van der Waals surface area (Å²) >= 11 is 0. The van der Waals surface area contributed by atoms with E-state index in [9.17, 15) is 0 Å². The molecule has 2 aromatic heterocycles. The minimum absolute atomic E-state index is 0.880. The van der Waals surface area contributed by atoms with Crippen molar-refractivity contribution in [3.05, 3.63) is 200 Å². The highest BCUT2D eigenvalue weighted by Crippen LogP contribution is 2.45. The van der Waals surface area contributed by atoms with Crippen molar-refractivity contribution in [2.24, 2.45) is 0 Å². The molecule has 0 amide bonds. The van der Waals surface area contributed by atoms with Gasteiger partial charge >= 0.3 is 0 Å². The van der Waals surface area contributed by atoms with Gasteiger partial charge in [-0.15, -0.1) is 0 Å². The molecule has 0 fully saturated rings. The highest BCUT2D eigenvalue weighted by atomic mass is 16.3. The standard InChI is InChI=1S/C52H33NO2/c1-2-13-40-35(11-1)12-9-17-41(40)36-25-30-39(31-26-36)53(38-28-23-34(24-29-38)37-27-32-44-43-15-4-7-20-48(43)55-51(44)33-37)47-19-6-3-14-42(47)45-18-10-22-50-52(45)46-16-5-8-21-49(46)54-50/h1-33H. The van der Waals surface area contributed by atoms with Crippen LogP contribution in [0.4, 0.5) is 17.1 Å². The fourth-order valence-corrected chi connectivity index (χ4v) is 8.30. The minimum atomic E-state index is 0.880. The van der Waals surface area contributed by atoms with Gasteiger partial charge in [0.2, 0.25) is 0 Å². The predicted molar refractivity (Wildman–Crippen MR) is 229 cm³/mol. The van der Waals surface area contributed by atoms with Gasteiger partial charge in [-0.1, -0.05) is 140 Å². The second-order valence-corrected chi connectivity index (χ2v) is 14.1. The van der Waals surface area contributed by atoms with Gasteiger partial charge in [0.1, 0.15) is 22.3 Å². The van der Waals surface area contributed by atoms with Crippen LogP contribution in [0.15, 0.2) is 209 Å². The lowest BCUT2D eigenvalue weighted by Crippen LogP contribution is -2.11. The Hall–Kier alpha value is -7.36. The Morgan fingerprint density at radius 3 is 1.65 bits per heavy atom. The second-order valence-electron chi connectivity index (χ2n) is 14.1. The van der Waals surface area contributed by atoms with Crippen LogP contribution in [0.3, 0.4) is 0 Å². The van der Waals surface area contributed by atoms with Gasteiger partial charge < -0.3 is 13.7 Å². The maximum atomic E-state index is 6.35. The maximum absolute atomic E-state index is 6.35. The fraction of sp³-hybridized carbons (Fsp3) is 0. The molecule has 11 rings (SSSR count). The number of nitrogens with zero attached hydrogens (tertiary/aromatic N) is 1. The SMILES string of the molecule is c1ccc(N(c2ccc(-c3ccc4c(c3)oc3ccccc34)cc2)c2ccc(-c3cccc4ccccc34)cc2)c(-c2cccc3oc4ccccc4c23)c1. The fourth-order valence-electron chi connectivity index (χ4n) is 8.30. The summed E-state index contributed by atoms with van der Waals surface area (Å²) < 4.78 is 12.6. The highest BCUT2D eigenvalue weighted by molar-refractivity contribution is 6.14. The average Bonchev–Trinajstić information content (AvgIpc) is 3.83. The molecule has 55 heavy (non-hydrogen) atoms. The van der Waals surface area contributed by atoms with E-state index in [1.54, 1.807) is 0 Å². The van der Waals surface area contributed by atoms with Crippen molar-refractivity contribution in [1.82, 2.24) is 0 Å². The van der Waals surface area contributed by atoms with Crippen LogP contribution in [0.25, 0.3) is 88.0 Å². The van der Waals surface area contributed by atoms with Gasteiger partial charge in [0, 0.05) is 38.5 Å². The molecule has 0 spiro atoms. The van der Waals surface area contributed by atoms with Crippen molar-refractivity contribution in [3.63, 3.8) is 0 Å². The zero-order valence-electron chi connectivity index (χ0n) is 29.8. The van der Waals surface area contributed by atoms with Gasteiger partial charge in [0.25, 0.3) is 0 Å². The van der Waals surface area contributed by atoms with Crippen molar-refractivity contribution in [2.45, 2.75) is 0 Å². The van der Waals surface area contributed by atoms with Crippen molar-refractivity contribution in [2.75, 3.05) is 4.90 Å².